The number of aromatic nitrogens is 3. The van der Waals surface area contributed by atoms with Crippen LogP contribution in [-0.2, 0) is 22.6 Å². The van der Waals surface area contributed by atoms with Crippen molar-refractivity contribution >= 4 is 47.1 Å². The van der Waals surface area contributed by atoms with E-state index in [1.165, 1.54) is 5.56 Å². The fraction of sp³-hybridized carbons (Fsp3) is 0.231. The van der Waals surface area contributed by atoms with Crippen LogP contribution in [0.4, 0.5) is 29.2 Å². The van der Waals surface area contributed by atoms with Crippen molar-refractivity contribution in [3.05, 3.63) is 131 Å². The van der Waals surface area contributed by atoms with Crippen LogP contribution in [0.3, 0.4) is 0 Å². The van der Waals surface area contributed by atoms with E-state index in [9.17, 15) is 9.59 Å². The second-order valence-corrected chi connectivity index (χ2v) is 11.7. The number of rotatable bonds is 19. The zero-order chi connectivity index (χ0) is 35.1. The fourth-order valence-corrected chi connectivity index (χ4v) is 5.25. The molecule has 0 unspecified atom stereocenters. The molecule has 1 amide bonds. The maximum atomic E-state index is 12.7. The number of amides is 1. The highest BCUT2D eigenvalue weighted by Crippen LogP contribution is 2.23. The lowest BCUT2D eigenvalue weighted by molar-refractivity contribution is 0.0497. The van der Waals surface area contributed by atoms with Gasteiger partial charge in [-0.2, -0.15) is 15.0 Å². The Labute approximate surface area is 296 Å². The molecule has 1 aliphatic rings. The van der Waals surface area contributed by atoms with Crippen LogP contribution in [0.1, 0.15) is 50.2 Å². The lowest BCUT2D eigenvalue weighted by atomic mass is 10.1. The van der Waals surface area contributed by atoms with E-state index in [0.717, 1.165) is 22.4 Å². The van der Waals surface area contributed by atoms with Crippen LogP contribution in [0.25, 0.3) is 0 Å². The number of hydrogen-bond donors (Lipinski definition) is 4. The first kappa shape index (κ1) is 34.9. The molecule has 0 atom stereocenters. The number of benzene rings is 4. The highest BCUT2D eigenvalue weighted by atomic mass is 16.5. The number of hydrogen-bond acceptors (Lipinski definition) is 11. The minimum atomic E-state index is -0.160. The summed E-state index contributed by atoms with van der Waals surface area (Å²) in [5.74, 6) is 0.987. The van der Waals surface area contributed by atoms with Crippen molar-refractivity contribution in [3.63, 3.8) is 0 Å². The van der Waals surface area contributed by atoms with Crippen molar-refractivity contribution in [1.82, 2.24) is 20.3 Å². The molecule has 0 radical (unpaired) electrons. The number of nitrogens with zero attached hydrogens (tertiary/aromatic N) is 4. The van der Waals surface area contributed by atoms with E-state index in [0.29, 0.717) is 88.0 Å². The first-order chi connectivity index (χ1) is 25.1. The van der Waals surface area contributed by atoms with Crippen molar-refractivity contribution in [3.8, 4) is 0 Å². The molecule has 2 heterocycles. The van der Waals surface area contributed by atoms with Gasteiger partial charge in [0.05, 0.1) is 26.4 Å². The number of nitrogens with one attached hydrogen (secondary N) is 4. The topological polar surface area (TPSA) is 152 Å². The molecule has 0 spiro atoms. The summed E-state index contributed by atoms with van der Waals surface area (Å²) in [6.07, 6.45) is 2.97. The molecular formula is C39H40N8O4. The van der Waals surface area contributed by atoms with Crippen LogP contribution in [0, 0.1) is 0 Å². The summed E-state index contributed by atoms with van der Waals surface area (Å²) in [5, 5.41) is 12.7. The molecule has 1 aliphatic heterocycles. The van der Waals surface area contributed by atoms with Gasteiger partial charge in [0.15, 0.2) is 5.78 Å². The molecular weight excluding hydrogens is 644 g/mol. The van der Waals surface area contributed by atoms with Gasteiger partial charge in [-0.1, -0.05) is 66.7 Å². The van der Waals surface area contributed by atoms with Gasteiger partial charge in [0, 0.05) is 54.8 Å². The fourth-order valence-electron chi connectivity index (χ4n) is 5.25. The van der Waals surface area contributed by atoms with Crippen molar-refractivity contribution in [2.24, 2.45) is 4.99 Å². The summed E-state index contributed by atoms with van der Waals surface area (Å²) in [6.45, 7) is 3.35. The standard InChI is InChI=1S/C39H40N8O4/c48-35(29-10-5-2-6-11-29)12-7-20-50-22-23-51-21-19-41-37-45-38(47-39(46-37)44-34-18-15-31-26-40-27-32(31)24-34)43-33-16-13-30(14-17-33)36(49)42-25-28-8-3-1-4-9-28/h1-6,8-11,13-18,24,27H,7,12,19-23,25-26H2,(H,42,49)(H3,41,43,44,45,46,47). The lowest BCUT2D eigenvalue weighted by Crippen LogP contribution is -2.22. The largest absolute Gasteiger partial charge is 0.379 e. The number of aliphatic imine (C=N–C) groups is 1. The number of ketones is 1. The number of fused-ring (bicyclic) bond motifs is 1. The smallest absolute Gasteiger partial charge is 0.251 e. The zero-order valence-corrected chi connectivity index (χ0v) is 28.2. The summed E-state index contributed by atoms with van der Waals surface area (Å²) in [6, 6.07) is 32.2. The van der Waals surface area contributed by atoms with Gasteiger partial charge >= 0.3 is 0 Å². The van der Waals surface area contributed by atoms with Crippen LogP contribution in [0.5, 0.6) is 0 Å². The average molecular weight is 685 g/mol. The molecule has 51 heavy (non-hydrogen) atoms. The summed E-state index contributed by atoms with van der Waals surface area (Å²) in [5.41, 5.74) is 6.05. The third-order valence-electron chi connectivity index (χ3n) is 7.92. The van der Waals surface area contributed by atoms with Gasteiger partial charge in [-0.05, 0) is 59.5 Å². The van der Waals surface area contributed by atoms with Gasteiger partial charge in [0.25, 0.3) is 5.91 Å². The number of Topliss-reactive ketones (excluding diaryl/α,β-unsaturated/α-hetero) is 1. The van der Waals surface area contributed by atoms with Crippen LogP contribution in [0.15, 0.2) is 108 Å². The van der Waals surface area contributed by atoms with Crippen LogP contribution in [0.2, 0.25) is 0 Å². The van der Waals surface area contributed by atoms with Gasteiger partial charge in [-0.3, -0.25) is 14.6 Å². The number of carbonyl (C=O) groups excluding carboxylic acids is 2. The second kappa shape index (κ2) is 18.1. The van der Waals surface area contributed by atoms with E-state index in [2.05, 4.69) is 41.2 Å². The normalized spacial score (nSPS) is 11.5. The molecule has 12 heteroatoms. The number of ether oxygens (including phenoxy) is 2. The van der Waals surface area contributed by atoms with Gasteiger partial charge in [-0.25, -0.2) is 0 Å². The number of carbonyl (C=O) groups is 2. The Balaban J connectivity index is 0.993. The molecule has 260 valence electrons. The van der Waals surface area contributed by atoms with E-state index in [1.54, 1.807) is 24.3 Å². The SMILES string of the molecule is O=C(CCCOCCOCCNc1nc(Nc2ccc(C(=O)NCc3ccccc3)cc2)nc(Nc2ccc3c(c2)C=NC3)n1)c1ccccc1. The van der Waals surface area contributed by atoms with Crippen LogP contribution < -0.4 is 21.3 Å². The average Bonchev–Trinajstić information content (AvgIpc) is 3.64. The molecule has 6 rings (SSSR count). The molecule has 4 N–H and O–H groups in total. The Morgan fingerprint density at radius 1 is 0.667 bits per heavy atom. The lowest BCUT2D eigenvalue weighted by Gasteiger charge is -2.12. The molecule has 4 aromatic carbocycles. The quantitative estimate of drug-likeness (QED) is 0.0574. The maximum Gasteiger partial charge on any atom is 0.251 e. The third kappa shape index (κ3) is 10.8. The number of anilines is 5. The van der Waals surface area contributed by atoms with Crippen LogP contribution in [-0.4, -0.2) is 65.8 Å². The van der Waals surface area contributed by atoms with Crippen molar-refractivity contribution in [1.29, 1.82) is 0 Å². The molecule has 0 bridgehead atoms. The Bertz CT molecular complexity index is 1920. The van der Waals surface area contributed by atoms with Gasteiger partial charge in [0.2, 0.25) is 17.8 Å². The Hall–Kier alpha value is -5.98. The molecule has 0 saturated carbocycles. The zero-order valence-electron chi connectivity index (χ0n) is 28.2. The van der Waals surface area contributed by atoms with E-state index in [-0.39, 0.29) is 11.7 Å². The predicted octanol–water partition coefficient (Wildman–Crippen LogP) is 6.33. The highest BCUT2D eigenvalue weighted by Gasteiger charge is 2.12. The van der Waals surface area contributed by atoms with E-state index in [4.69, 9.17) is 9.47 Å². The Morgan fingerprint density at radius 3 is 2.10 bits per heavy atom. The minimum absolute atomic E-state index is 0.121. The molecule has 0 saturated heterocycles. The monoisotopic (exact) mass is 684 g/mol. The molecule has 0 fully saturated rings. The van der Waals surface area contributed by atoms with Crippen molar-refractivity contribution in [2.45, 2.75) is 25.9 Å². The van der Waals surface area contributed by atoms with Crippen molar-refractivity contribution < 1.29 is 19.1 Å². The Kier molecular flexibility index (Phi) is 12.4. The van der Waals surface area contributed by atoms with Crippen LogP contribution >= 0.6 is 0 Å². The minimum Gasteiger partial charge on any atom is -0.379 e. The van der Waals surface area contributed by atoms with E-state index >= 15 is 0 Å². The summed E-state index contributed by atoms with van der Waals surface area (Å²) < 4.78 is 11.3. The summed E-state index contributed by atoms with van der Waals surface area (Å²) in [4.78, 5) is 43.0. The Morgan fingerprint density at radius 2 is 1.33 bits per heavy atom. The predicted molar refractivity (Wildman–Crippen MR) is 198 cm³/mol. The summed E-state index contributed by atoms with van der Waals surface area (Å²) >= 11 is 0. The first-order valence-electron chi connectivity index (χ1n) is 16.9. The van der Waals surface area contributed by atoms with Gasteiger partial charge in [0.1, 0.15) is 0 Å². The van der Waals surface area contributed by atoms with Crippen molar-refractivity contribution in [2.75, 3.05) is 48.9 Å². The van der Waals surface area contributed by atoms with Gasteiger partial charge < -0.3 is 30.7 Å². The maximum absolute atomic E-state index is 12.7. The molecule has 5 aromatic rings. The van der Waals surface area contributed by atoms with E-state index in [1.807, 2.05) is 85.1 Å². The highest BCUT2D eigenvalue weighted by molar-refractivity contribution is 5.96. The van der Waals surface area contributed by atoms with Gasteiger partial charge in [-0.15, -0.1) is 0 Å². The first-order valence-corrected chi connectivity index (χ1v) is 16.9. The molecule has 0 aliphatic carbocycles. The van der Waals surface area contributed by atoms with E-state index < -0.39 is 0 Å². The second-order valence-electron chi connectivity index (χ2n) is 11.7. The molecule has 12 nitrogen and oxygen atoms in total. The molecule has 1 aromatic heterocycles. The summed E-state index contributed by atoms with van der Waals surface area (Å²) in [7, 11) is 0. The third-order valence-corrected chi connectivity index (χ3v) is 7.92.